The van der Waals surface area contributed by atoms with Crippen molar-refractivity contribution in [2.45, 2.75) is 33.7 Å². The monoisotopic (exact) mass is 281 g/mol. The van der Waals surface area contributed by atoms with Crippen molar-refractivity contribution in [1.29, 1.82) is 0 Å². The largest absolute Gasteiger partial charge is 0.477 e. The number of carbonyl (C=O) groups excluding carboxylic acids is 1. The Hall–Kier alpha value is -1.36. The van der Waals surface area contributed by atoms with Crippen molar-refractivity contribution < 1.29 is 14.7 Å². The highest BCUT2D eigenvalue weighted by atomic mass is 32.1. The summed E-state index contributed by atoms with van der Waals surface area (Å²) in [4.78, 5) is 25.9. The molecule has 1 atom stereocenters. The Kier molecular flexibility index (Phi) is 3.67. The molecule has 0 radical (unpaired) electrons. The molecule has 0 aliphatic carbocycles. The molecule has 5 heteroatoms. The average molecular weight is 281 g/mol. The van der Waals surface area contributed by atoms with E-state index in [-0.39, 0.29) is 11.3 Å². The molecule has 1 fully saturated rings. The summed E-state index contributed by atoms with van der Waals surface area (Å²) in [5, 5.41) is 8.89. The first-order valence-corrected chi connectivity index (χ1v) is 7.19. The first-order valence-electron chi connectivity index (χ1n) is 6.37. The van der Waals surface area contributed by atoms with E-state index in [1.807, 2.05) is 4.90 Å². The second-order valence-electron chi connectivity index (χ2n) is 6.11. The van der Waals surface area contributed by atoms with Crippen LogP contribution in [0.2, 0.25) is 0 Å². The highest BCUT2D eigenvalue weighted by Gasteiger charge is 2.36. The second kappa shape index (κ2) is 4.96. The fourth-order valence-electron chi connectivity index (χ4n) is 2.27. The molecule has 1 N–H and O–H groups in total. The highest BCUT2D eigenvalue weighted by molar-refractivity contribution is 7.13. The number of thiophene rings is 1. The summed E-state index contributed by atoms with van der Waals surface area (Å²) >= 11 is 1.25. The maximum atomic E-state index is 12.0. The third-order valence-electron chi connectivity index (χ3n) is 3.66. The van der Waals surface area contributed by atoms with Crippen LogP contribution in [-0.2, 0) is 11.3 Å². The standard InChI is InChI=1S/C14H19NO3S/c1-14(2,3)9-6-12(16)15(7-9)8-10-4-5-11(19-10)13(17)18/h4-5,9H,6-8H2,1-3H3,(H,17,18). The number of carboxylic acids is 1. The molecule has 0 aromatic carbocycles. The van der Waals surface area contributed by atoms with Crippen molar-refractivity contribution >= 4 is 23.2 Å². The summed E-state index contributed by atoms with van der Waals surface area (Å²) in [5.41, 5.74) is 0.131. The van der Waals surface area contributed by atoms with Gasteiger partial charge in [-0.15, -0.1) is 11.3 Å². The molecule has 2 rings (SSSR count). The lowest BCUT2D eigenvalue weighted by atomic mass is 9.80. The van der Waals surface area contributed by atoms with Crippen LogP contribution in [0, 0.1) is 11.3 Å². The van der Waals surface area contributed by atoms with Crippen LogP contribution in [0.15, 0.2) is 12.1 Å². The lowest BCUT2D eigenvalue weighted by Crippen LogP contribution is -2.27. The van der Waals surface area contributed by atoms with Crippen molar-refractivity contribution in [2.24, 2.45) is 11.3 Å². The van der Waals surface area contributed by atoms with Crippen LogP contribution in [0.4, 0.5) is 0 Å². The van der Waals surface area contributed by atoms with Crippen molar-refractivity contribution in [3.05, 3.63) is 21.9 Å². The Bertz CT molecular complexity index is 501. The number of likely N-dealkylation sites (tertiary alicyclic amines) is 1. The van der Waals surface area contributed by atoms with Gasteiger partial charge in [0.1, 0.15) is 4.88 Å². The van der Waals surface area contributed by atoms with Gasteiger partial charge in [-0.3, -0.25) is 4.79 Å². The molecular formula is C14H19NO3S. The molecule has 2 heterocycles. The molecule has 1 aromatic heterocycles. The summed E-state index contributed by atoms with van der Waals surface area (Å²) in [6.45, 7) is 7.76. The smallest absolute Gasteiger partial charge is 0.345 e. The van der Waals surface area contributed by atoms with E-state index >= 15 is 0 Å². The molecular weight excluding hydrogens is 262 g/mol. The van der Waals surface area contributed by atoms with Crippen LogP contribution in [0.1, 0.15) is 41.7 Å². The molecule has 19 heavy (non-hydrogen) atoms. The van der Waals surface area contributed by atoms with E-state index < -0.39 is 5.97 Å². The van der Waals surface area contributed by atoms with Crippen LogP contribution in [0.5, 0.6) is 0 Å². The first-order chi connectivity index (χ1) is 8.77. The Morgan fingerprint density at radius 1 is 1.47 bits per heavy atom. The van der Waals surface area contributed by atoms with E-state index in [9.17, 15) is 9.59 Å². The van der Waals surface area contributed by atoms with E-state index in [1.165, 1.54) is 11.3 Å². The zero-order valence-corrected chi connectivity index (χ0v) is 12.3. The van der Waals surface area contributed by atoms with Crippen LogP contribution in [-0.4, -0.2) is 28.4 Å². The zero-order chi connectivity index (χ0) is 14.2. The van der Waals surface area contributed by atoms with Gasteiger partial charge in [0.05, 0.1) is 6.54 Å². The van der Waals surface area contributed by atoms with Gasteiger partial charge in [0.25, 0.3) is 0 Å². The lowest BCUT2D eigenvalue weighted by molar-refractivity contribution is -0.128. The minimum absolute atomic E-state index is 0.131. The molecule has 0 spiro atoms. The molecule has 1 amide bonds. The summed E-state index contributed by atoms with van der Waals surface area (Å²) < 4.78 is 0. The normalized spacial score (nSPS) is 20.1. The number of amides is 1. The van der Waals surface area contributed by atoms with E-state index in [4.69, 9.17) is 5.11 Å². The Morgan fingerprint density at radius 3 is 2.63 bits per heavy atom. The summed E-state index contributed by atoms with van der Waals surface area (Å²) in [5.74, 6) is -0.360. The average Bonchev–Trinajstić information content (AvgIpc) is 2.86. The van der Waals surface area contributed by atoms with Crippen LogP contribution < -0.4 is 0 Å². The minimum Gasteiger partial charge on any atom is -0.477 e. The molecule has 1 unspecified atom stereocenters. The second-order valence-corrected chi connectivity index (χ2v) is 7.28. The summed E-state index contributed by atoms with van der Waals surface area (Å²) in [6.07, 6.45) is 0.598. The molecule has 1 aliphatic rings. The van der Waals surface area contributed by atoms with E-state index in [0.717, 1.165) is 11.4 Å². The number of hydrogen-bond donors (Lipinski definition) is 1. The third-order valence-corrected chi connectivity index (χ3v) is 4.72. The van der Waals surface area contributed by atoms with Gasteiger partial charge < -0.3 is 10.0 Å². The number of nitrogens with zero attached hydrogens (tertiary/aromatic N) is 1. The molecule has 104 valence electrons. The lowest BCUT2D eigenvalue weighted by Gasteiger charge is -2.26. The van der Waals surface area contributed by atoms with Crippen molar-refractivity contribution in [1.82, 2.24) is 4.90 Å². The maximum Gasteiger partial charge on any atom is 0.345 e. The van der Waals surface area contributed by atoms with Gasteiger partial charge in [0, 0.05) is 17.8 Å². The van der Waals surface area contributed by atoms with Gasteiger partial charge in [0.2, 0.25) is 5.91 Å². The van der Waals surface area contributed by atoms with Gasteiger partial charge in [-0.2, -0.15) is 0 Å². The fourth-order valence-corrected chi connectivity index (χ4v) is 3.13. The third kappa shape index (κ3) is 3.15. The van der Waals surface area contributed by atoms with E-state index in [1.54, 1.807) is 12.1 Å². The van der Waals surface area contributed by atoms with Gasteiger partial charge in [0.15, 0.2) is 0 Å². The number of carbonyl (C=O) groups is 2. The van der Waals surface area contributed by atoms with Crippen LogP contribution in [0.25, 0.3) is 0 Å². The fraction of sp³-hybridized carbons (Fsp3) is 0.571. The van der Waals surface area contributed by atoms with Gasteiger partial charge >= 0.3 is 5.97 Å². The number of hydrogen-bond acceptors (Lipinski definition) is 3. The zero-order valence-electron chi connectivity index (χ0n) is 11.5. The highest BCUT2D eigenvalue weighted by Crippen LogP contribution is 2.35. The van der Waals surface area contributed by atoms with Crippen LogP contribution in [0.3, 0.4) is 0 Å². The molecule has 1 aromatic rings. The quantitative estimate of drug-likeness (QED) is 0.927. The minimum atomic E-state index is -0.906. The van der Waals surface area contributed by atoms with E-state index in [0.29, 0.717) is 23.8 Å². The summed E-state index contributed by atoms with van der Waals surface area (Å²) in [7, 11) is 0. The topological polar surface area (TPSA) is 57.6 Å². The number of rotatable bonds is 3. The Labute approximate surface area is 117 Å². The molecule has 0 saturated carbocycles. The maximum absolute atomic E-state index is 12.0. The van der Waals surface area contributed by atoms with E-state index in [2.05, 4.69) is 20.8 Å². The Balaban J connectivity index is 2.03. The summed E-state index contributed by atoms with van der Waals surface area (Å²) in [6, 6.07) is 3.40. The van der Waals surface area contributed by atoms with Crippen molar-refractivity contribution in [3.8, 4) is 0 Å². The first kappa shape index (κ1) is 14.1. The molecule has 4 nitrogen and oxygen atoms in total. The van der Waals surface area contributed by atoms with Crippen molar-refractivity contribution in [2.75, 3.05) is 6.54 Å². The van der Waals surface area contributed by atoms with Gasteiger partial charge in [-0.1, -0.05) is 20.8 Å². The predicted molar refractivity (Wildman–Crippen MR) is 74.3 cm³/mol. The van der Waals surface area contributed by atoms with Crippen LogP contribution >= 0.6 is 11.3 Å². The Morgan fingerprint density at radius 2 is 2.16 bits per heavy atom. The van der Waals surface area contributed by atoms with Gasteiger partial charge in [-0.05, 0) is 23.5 Å². The number of carboxylic acid groups (broad SMARTS) is 1. The predicted octanol–water partition coefficient (Wildman–Crippen LogP) is 2.84. The molecule has 1 aliphatic heterocycles. The van der Waals surface area contributed by atoms with Crippen molar-refractivity contribution in [3.63, 3.8) is 0 Å². The number of aromatic carboxylic acids is 1. The SMILES string of the molecule is CC(C)(C)C1CC(=O)N(Cc2ccc(C(=O)O)s2)C1. The molecule has 1 saturated heterocycles. The van der Waals surface area contributed by atoms with Gasteiger partial charge in [-0.25, -0.2) is 4.79 Å². The molecule has 0 bridgehead atoms.